The van der Waals surface area contributed by atoms with E-state index in [2.05, 4.69) is 65.2 Å². The van der Waals surface area contributed by atoms with E-state index in [1.165, 1.54) is 45.4 Å². The predicted molar refractivity (Wildman–Crippen MR) is 94.8 cm³/mol. The molecule has 2 nitrogen and oxygen atoms in total. The summed E-state index contributed by atoms with van der Waals surface area (Å²) in [5.41, 5.74) is 0.777. The topological polar surface area (TPSA) is 6.48 Å². The van der Waals surface area contributed by atoms with Crippen LogP contribution in [0.15, 0.2) is 0 Å². The van der Waals surface area contributed by atoms with Crippen LogP contribution < -0.4 is 0 Å². The van der Waals surface area contributed by atoms with Crippen LogP contribution in [0.3, 0.4) is 0 Å². The number of hydrogen-bond acceptors (Lipinski definition) is 2. The maximum Gasteiger partial charge on any atom is 0.0125 e. The summed E-state index contributed by atoms with van der Waals surface area (Å²) in [6, 6.07) is 0. The molecule has 0 bridgehead atoms. The van der Waals surface area contributed by atoms with Crippen molar-refractivity contribution in [3.8, 4) is 0 Å². The Morgan fingerprint density at radius 1 is 0.667 bits per heavy atom. The molecule has 0 saturated carbocycles. The van der Waals surface area contributed by atoms with E-state index in [1.54, 1.807) is 0 Å². The van der Waals surface area contributed by atoms with Gasteiger partial charge in [0.1, 0.15) is 0 Å². The fraction of sp³-hybridized carbons (Fsp3) is 1.00. The third kappa shape index (κ3) is 6.69. The Morgan fingerprint density at radius 3 is 1.38 bits per heavy atom. The van der Waals surface area contributed by atoms with Crippen molar-refractivity contribution in [3.63, 3.8) is 0 Å². The Morgan fingerprint density at radius 2 is 1.10 bits per heavy atom. The molecule has 0 radical (unpaired) electrons. The highest BCUT2D eigenvalue weighted by Gasteiger charge is 2.27. The van der Waals surface area contributed by atoms with Crippen molar-refractivity contribution in [2.45, 2.75) is 85.7 Å². The van der Waals surface area contributed by atoms with Crippen LogP contribution in [0.5, 0.6) is 0 Å². The van der Waals surface area contributed by atoms with E-state index in [0.29, 0.717) is 11.1 Å². The molecule has 2 atom stereocenters. The number of rotatable bonds is 0. The van der Waals surface area contributed by atoms with Crippen LogP contribution in [0, 0.1) is 11.8 Å². The molecule has 0 aliphatic carbocycles. The first-order chi connectivity index (χ1) is 9.50. The van der Waals surface area contributed by atoms with Crippen molar-refractivity contribution >= 4 is 0 Å². The maximum atomic E-state index is 2.60. The second-order valence-corrected chi connectivity index (χ2v) is 9.37. The molecule has 0 amide bonds. The van der Waals surface area contributed by atoms with Gasteiger partial charge in [-0.05, 0) is 85.7 Å². The van der Waals surface area contributed by atoms with Gasteiger partial charge in [0.05, 0.1) is 0 Å². The number of piperidine rings is 1. The van der Waals surface area contributed by atoms with Gasteiger partial charge in [0.15, 0.2) is 0 Å². The Labute approximate surface area is 134 Å². The molecule has 2 unspecified atom stereocenters. The Balaban J connectivity index is 0.000000211. The van der Waals surface area contributed by atoms with E-state index in [-0.39, 0.29) is 0 Å². The summed E-state index contributed by atoms with van der Waals surface area (Å²) in [7, 11) is 0. The van der Waals surface area contributed by atoms with Crippen LogP contribution in [-0.4, -0.2) is 47.1 Å². The third-order valence-electron chi connectivity index (χ3n) is 4.98. The Bertz CT molecular complexity index is 298. The van der Waals surface area contributed by atoms with Crippen LogP contribution >= 0.6 is 0 Å². The highest BCUT2D eigenvalue weighted by Crippen LogP contribution is 2.24. The summed E-state index contributed by atoms with van der Waals surface area (Å²) in [5, 5.41) is 0. The number of nitrogens with zero attached hydrogens (tertiary/aromatic N) is 2. The van der Waals surface area contributed by atoms with Gasteiger partial charge < -0.3 is 0 Å². The predicted octanol–water partition coefficient (Wildman–Crippen LogP) is 4.64. The molecule has 2 aliphatic rings. The minimum absolute atomic E-state index is 0.384. The number of hydrogen-bond donors (Lipinski definition) is 0. The normalized spacial score (nSPS) is 29.1. The second-order valence-electron chi connectivity index (χ2n) is 9.37. The lowest BCUT2D eigenvalue weighted by Crippen LogP contribution is -2.46. The van der Waals surface area contributed by atoms with Crippen LogP contribution in [-0.2, 0) is 0 Å². The highest BCUT2D eigenvalue weighted by molar-refractivity contribution is 4.83. The standard InChI is InChI=1S/C10H21N.C9H19N/c1-9-6-5-7-11(8-9)10(2,3)4;1-8-5-6-10(7-8)9(2,3)4/h9H,5-8H2,1-4H3;8H,5-7H2,1-4H3. The van der Waals surface area contributed by atoms with Crippen LogP contribution in [0.2, 0.25) is 0 Å². The Kier molecular flexibility index (Phi) is 6.74. The van der Waals surface area contributed by atoms with Gasteiger partial charge in [-0.2, -0.15) is 0 Å². The summed E-state index contributed by atoms with van der Waals surface area (Å²) < 4.78 is 0. The first-order valence-electron chi connectivity index (χ1n) is 9.00. The second kappa shape index (κ2) is 7.46. The molecular formula is C19H40N2. The SMILES string of the molecule is CC1CCCN(C(C)(C)C)C1.CC1CCN(C(C)(C)C)C1. The molecule has 2 heteroatoms. The van der Waals surface area contributed by atoms with Gasteiger partial charge in [-0.25, -0.2) is 0 Å². The number of likely N-dealkylation sites (tertiary alicyclic amines) is 2. The van der Waals surface area contributed by atoms with E-state index < -0.39 is 0 Å². The average molecular weight is 297 g/mol. The minimum Gasteiger partial charge on any atom is -0.298 e. The van der Waals surface area contributed by atoms with Crippen molar-refractivity contribution in [3.05, 3.63) is 0 Å². The average Bonchev–Trinajstić information content (AvgIpc) is 2.75. The van der Waals surface area contributed by atoms with Crippen molar-refractivity contribution in [1.82, 2.24) is 9.80 Å². The lowest BCUT2D eigenvalue weighted by molar-refractivity contribution is 0.0843. The monoisotopic (exact) mass is 296 g/mol. The van der Waals surface area contributed by atoms with Gasteiger partial charge in [0.25, 0.3) is 0 Å². The first-order valence-corrected chi connectivity index (χ1v) is 9.00. The van der Waals surface area contributed by atoms with Crippen molar-refractivity contribution in [2.75, 3.05) is 26.2 Å². The zero-order valence-corrected chi connectivity index (χ0v) is 16.0. The smallest absolute Gasteiger partial charge is 0.0125 e. The minimum atomic E-state index is 0.384. The zero-order valence-electron chi connectivity index (χ0n) is 16.0. The van der Waals surface area contributed by atoms with Gasteiger partial charge in [-0.1, -0.05) is 13.8 Å². The summed E-state index contributed by atoms with van der Waals surface area (Å²) in [6.45, 7) is 23.7. The van der Waals surface area contributed by atoms with E-state index >= 15 is 0 Å². The highest BCUT2D eigenvalue weighted by atomic mass is 15.2. The summed E-state index contributed by atoms with van der Waals surface area (Å²) in [4.78, 5) is 5.17. The molecule has 126 valence electrons. The van der Waals surface area contributed by atoms with Gasteiger partial charge >= 0.3 is 0 Å². The molecule has 2 fully saturated rings. The van der Waals surface area contributed by atoms with Gasteiger partial charge in [0, 0.05) is 24.2 Å². The molecule has 2 aliphatic heterocycles. The van der Waals surface area contributed by atoms with Crippen LogP contribution in [0.1, 0.15) is 74.7 Å². The van der Waals surface area contributed by atoms with Crippen LogP contribution in [0.25, 0.3) is 0 Å². The maximum absolute atomic E-state index is 2.60. The van der Waals surface area contributed by atoms with E-state index in [1.807, 2.05) is 0 Å². The van der Waals surface area contributed by atoms with Gasteiger partial charge in [-0.15, -0.1) is 0 Å². The molecule has 2 rings (SSSR count). The van der Waals surface area contributed by atoms with E-state index in [9.17, 15) is 0 Å². The van der Waals surface area contributed by atoms with E-state index in [4.69, 9.17) is 0 Å². The van der Waals surface area contributed by atoms with Crippen molar-refractivity contribution < 1.29 is 0 Å². The van der Waals surface area contributed by atoms with Crippen molar-refractivity contribution in [1.29, 1.82) is 0 Å². The zero-order chi connectivity index (χ0) is 16.3. The fourth-order valence-corrected chi connectivity index (χ4v) is 3.34. The molecule has 0 aromatic rings. The molecule has 0 aromatic carbocycles. The van der Waals surface area contributed by atoms with Crippen LogP contribution in [0.4, 0.5) is 0 Å². The molecule has 0 spiro atoms. The molecule has 0 N–H and O–H groups in total. The van der Waals surface area contributed by atoms with Gasteiger partial charge in [0.2, 0.25) is 0 Å². The quantitative estimate of drug-likeness (QED) is 0.642. The summed E-state index contributed by atoms with van der Waals surface area (Å²) >= 11 is 0. The van der Waals surface area contributed by atoms with Gasteiger partial charge in [-0.3, -0.25) is 9.80 Å². The molecule has 2 heterocycles. The summed E-state index contributed by atoms with van der Waals surface area (Å²) in [6.07, 6.45) is 4.20. The first kappa shape index (κ1) is 19.0. The Hall–Kier alpha value is -0.0800. The lowest BCUT2D eigenvalue weighted by Gasteiger charge is -2.40. The van der Waals surface area contributed by atoms with Crippen molar-refractivity contribution in [2.24, 2.45) is 11.8 Å². The molecule has 2 saturated heterocycles. The molecule has 21 heavy (non-hydrogen) atoms. The lowest BCUT2D eigenvalue weighted by atomic mass is 9.95. The van der Waals surface area contributed by atoms with E-state index in [0.717, 1.165) is 11.8 Å². The third-order valence-corrected chi connectivity index (χ3v) is 4.98. The largest absolute Gasteiger partial charge is 0.298 e. The summed E-state index contributed by atoms with van der Waals surface area (Å²) in [5.74, 6) is 1.82. The molecular weight excluding hydrogens is 256 g/mol. The molecule has 0 aromatic heterocycles. The fourth-order valence-electron chi connectivity index (χ4n) is 3.34.